The maximum Gasteiger partial charge on any atom is 0.233 e. The number of amides is 1. The van der Waals surface area contributed by atoms with Crippen LogP contribution in [-0.2, 0) is 11.8 Å². The van der Waals surface area contributed by atoms with Crippen LogP contribution in [0.15, 0.2) is 29.4 Å². The number of aromatic nitrogens is 3. The van der Waals surface area contributed by atoms with E-state index in [-0.39, 0.29) is 17.0 Å². The van der Waals surface area contributed by atoms with Crippen molar-refractivity contribution < 1.29 is 9.18 Å². The minimum atomic E-state index is -0.345. The van der Waals surface area contributed by atoms with Gasteiger partial charge in [0.15, 0.2) is 11.0 Å². The first-order chi connectivity index (χ1) is 10.9. The van der Waals surface area contributed by atoms with Gasteiger partial charge in [-0.05, 0) is 25.0 Å². The van der Waals surface area contributed by atoms with Crippen molar-refractivity contribution in [3.8, 4) is 11.4 Å². The van der Waals surface area contributed by atoms with Crippen molar-refractivity contribution in [2.45, 2.75) is 31.2 Å². The molecule has 0 aliphatic heterocycles. The molecule has 0 unspecified atom stereocenters. The Hall–Kier alpha value is -1.89. The van der Waals surface area contributed by atoms with Crippen LogP contribution in [-0.4, -0.2) is 32.5 Å². The van der Waals surface area contributed by atoms with Gasteiger partial charge in [-0.3, -0.25) is 4.79 Å². The Morgan fingerprint density at radius 2 is 2.00 bits per heavy atom. The van der Waals surface area contributed by atoms with E-state index in [1.165, 1.54) is 17.8 Å². The summed E-state index contributed by atoms with van der Waals surface area (Å²) >= 11 is 1.31. The fourth-order valence-electron chi connectivity index (χ4n) is 1.95. The Balaban J connectivity index is 2.11. The summed E-state index contributed by atoms with van der Waals surface area (Å²) in [5.41, 5.74) is 0.395. The molecule has 0 radical (unpaired) electrons. The second-order valence-electron chi connectivity index (χ2n) is 5.74. The van der Waals surface area contributed by atoms with E-state index < -0.39 is 0 Å². The highest BCUT2D eigenvalue weighted by Crippen LogP contribution is 2.26. The maximum absolute atomic E-state index is 13.9. The average Bonchev–Trinajstić information content (AvgIpc) is 2.86. The van der Waals surface area contributed by atoms with Crippen molar-refractivity contribution in [3.05, 3.63) is 30.1 Å². The Morgan fingerprint density at radius 1 is 1.30 bits per heavy atom. The topological polar surface area (TPSA) is 59.8 Å². The van der Waals surface area contributed by atoms with Gasteiger partial charge in [-0.15, -0.1) is 10.2 Å². The summed E-state index contributed by atoms with van der Waals surface area (Å²) in [5, 5.41) is 11.3. The number of halogens is 1. The second kappa shape index (κ2) is 7.59. The van der Waals surface area contributed by atoms with E-state index in [2.05, 4.69) is 15.5 Å². The molecule has 124 valence electrons. The van der Waals surface area contributed by atoms with E-state index in [0.29, 0.717) is 29.0 Å². The SMILES string of the molecule is CC(C)CNC(=O)[C@H](C)Sc1nnc(-c2ccccc2F)n1C. The lowest BCUT2D eigenvalue weighted by atomic mass is 10.2. The normalized spacial score (nSPS) is 12.4. The molecule has 0 fully saturated rings. The Morgan fingerprint density at radius 3 is 2.65 bits per heavy atom. The van der Waals surface area contributed by atoms with Crippen LogP contribution in [0.2, 0.25) is 0 Å². The predicted molar refractivity (Wildman–Crippen MR) is 89.6 cm³/mol. The molecule has 5 nitrogen and oxygen atoms in total. The molecule has 0 aliphatic rings. The predicted octanol–water partition coefficient (Wildman–Crippen LogP) is 2.87. The van der Waals surface area contributed by atoms with Gasteiger partial charge >= 0.3 is 0 Å². The minimum absolute atomic E-state index is 0.0425. The first-order valence-corrected chi connectivity index (χ1v) is 8.36. The summed E-state index contributed by atoms with van der Waals surface area (Å²) in [7, 11) is 1.77. The molecule has 0 saturated heterocycles. The zero-order valence-electron chi connectivity index (χ0n) is 13.7. The first-order valence-electron chi connectivity index (χ1n) is 7.48. The zero-order valence-corrected chi connectivity index (χ0v) is 14.5. The fraction of sp³-hybridized carbons (Fsp3) is 0.438. The van der Waals surface area contributed by atoms with Crippen LogP contribution in [0.3, 0.4) is 0 Å². The van der Waals surface area contributed by atoms with Crippen LogP contribution in [0, 0.1) is 11.7 Å². The van der Waals surface area contributed by atoms with Crippen molar-refractivity contribution in [1.82, 2.24) is 20.1 Å². The monoisotopic (exact) mass is 336 g/mol. The third kappa shape index (κ3) is 4.31. The van der Waals surface area contributed by atoms with Gasteiger partial charge in [0, 0.05) is 13.6 Å². The molecule has 0 spiro atoms. The molecule has 1 heterocycles. The van der Waals surface area contributed by atoms with Gasteiger partial charge in [-0.25, -0.2) is 4.39 Å². The highest BCUT2D eigenvalue weighted by atomic mass is 32.2. The van der Waals surface area contributed by atoms with Crippen molar-refractivity contribution >= 4 is 17.7 Å². The largest absolute Gasteiger partial charge is 0.355 e. The average molecular weight is 336 g/mol. The van der Waals surface area contributed by atoms with Gasteiger partial charge in [0.05, 0.1) is 10.8 Å². The zero-order chi connectivity index (χ0) is 17.0. The van der Waals surface area contributed by atoms with Crippen LogP contribution < -0.4 is 5.32 Å². The van der Waals surface area contributed by atoms with Crippen LogP contribution >= 0.6 is 11.8 Å². The van der Waals surface area contributed by atoms with E-state index in [4.69, 9.17) is 0 Å². The highest BCUT2D eigenvalue weighted by molar-refractivity contribution is 8.00. The highest BCUT2D eigenvalue weighted by Gasteiger charge is 2.20. The smallest absolute Gasteiger partial charge is 0.233 e. The molecule has 23 heavy (non-hydrogen) atoms. The summed E-state index contributed by atoms with van der Waals surface area (Å²) < 4.78 is 15.6. The number of carbonyl (C=O) groups excluding carboxylic acids is 1. The third-order valence-corrected chi connectivity index (χ3v) is 4.42. The molecule has 7 heteroatoms. The second-order valence-corrected chi connectivity index (χ2v) is 7.05. The fourth-order valence-corrected chi connectivity index (χ4v) is 2.79. The first kappa shape index (κ1) is 17.5. The lowest BCUT2D eigenvalue weighted by Gasteiger charge is -2.13. The maximum atomic E-state index is 13.9. The Labute approximate surface area is 139 Å². The summed E-state index contributed by atoms with van der Waals surface area (Å²) in [4.78, 5) is 12.0. The summed E-state index contributed by atoms with van der Waals surface area (Å²) in [6.45, 7) is 6.55. The number of thioether (sulfide) groups is 1. The Kier molecular flexibility index (Phi) is 5.76. The van der Waals surface area contributed by atoms with E-state index in [9.17, 15) is 9.18 Å². The van der Waals surface area contributed by atoms with Gasteiger partial charge in [-0.2, -0.15) is 0 Å². The van der Waals surface area contributed by atoms with E-state index in [1.54, 1.807) is 29.8 Å². The molecule has 1 amide bonds. The molecule has 1 N–H and O–H groups in total. The molecule has 2 rings (SSSR count). The van der Waals surface area contributed by atoms with E-state index >= 15 is 0 Å². The minimum Gasteiger partial charge on any atom is -0.355 e. The number of benzene rings is 1. The van der Waals surface area contributed by atoms with Crippen LogP contribution in [0.1, 0.15) is 20.8 Å². The summed E-state index contributed by atoms with van der Waals surface area (Å²) in [6.07, 6.45) is 0. The number of hydrogen-bond donors (Lipinski definition) is 1. The summed E-state index contributed by atoms with van der Waals surface area (Å²) in [5.74, 6) is 0.459. The molecule has 1 aromatic carbocycles. The molecule has 1 aromatic heterocycles. The standard InChI is InChI=1S/C16H21FN4OS/c1-10(2)9-18-15(22)11(3)23-16-20-19-14(21(16)4)12-7-5-6-8-13(12)17/h5-8,10-11H,9H2,1-4H3,(H,18,22)/t11-/m0/s1. The van der Waals surface area contributed by atoms with Crippen molar-refractivity contribution in [3.63, 3.8) is 0 Å². The molecule has 0 bridgehead atoms. The molecular formula is C16H21FN4OS. The van der Waals surface area contributed by atoms with Crippen molar-refractivity contribution in [1.29, 1.82) is 0 Å². The van der Waals surface area contributed by atoms with E-state index in [1.807, 2.05) is 20.8 Å². The Bertz CT molecular complexity index is 686. The summed E-state index contributed by atoms with van der Waals surface area (Å²) in [6, 6.07) is 6.43. The van der Waals surface area contributed by atoms with Gasteiger partial charge in [-0.1, -0.05) is 37.7 Å². The lowest BCUT2D eigenvalue weighted by Crippen LogP contribution is -2.33. The number of hydrogen-bond acceptors (Lipinski definition) is 4. The molecular weight excluding hydrogens is 315 g/mol. The number of rotatable bonds is 6. The number of carbonyl (C=O) groups is 1. The van der Waals surface area contributed by atoms with Gasteiger partial charge < -0.3 is 9.88 Å². The van der Waals surface area contributed by atoms with Gasteiger partial charge in [0.1, 0.15) is 5.82 Å². The van der Waals surface area contributed by atoms with Gasteiger partial charge in [0.25, 0.3) is 0 Å². The van der Waals surface area contributed by atoms with E-state index in [0.717, 1.165) is 0 Å². The molecule has 0 saturated carbocycles. The van der Waals surface area contributed by atoms with Crippen LogP contribution in [0.25, 0.3) is 11.4 Å². The van der Waals surface area contributed by atoms with Crippen molar-refractivity contribution in [2.75, 3.05) is 6.54 Å². The number of nitrogens with one attached hydrogen (secondary N) is 1. The number of nitrogens with zero attached hydrogens (tertiary/aromatic N) is 3. The van der Waals surface area contributed by atoms with Crippen LogP contribution in [0.4, 0.5) is 4.39 Å². The quantitative estimate of drug-likeness (QED) is 0.824. The molecule has 2 aromatic rings. The molecule has 0 aliphatic carbocycles. The van der Waals surface area contributed by atoms with Gasteiger partial charge in [0.2, 0.25) is 5.91 Å². The lowest BCUT2D eigenvalue weighted by molar-refractivity contribution is -0.120. The van der Waals surface area contributed by atoms with Crippen molar-refractivity contribution in [2.24, 2.45) is 13.0 Å². The third-order valence-electron chi connectivity index (χ3n) is 3.29. The molecule has 1 atom stereocenters. The van der Waals surface area contributed by atoms with Crippen LogP contribution in [0.5, 0.6) is 0 Å².